The fourth-order valence-electron chi connectivity index (χ4n) is 5.44. The van der Waals surface area contributed by atoms with Crippen molar-refractivity contribution in [3.63, 3.8) is 0 Å². The van der Waals surface area contributed by atoms with Gasteiger partial charge in [0.2, 0.25) is 0 Å². The number of quaternary nitrogens is 1. The number of allylic oxidation sites excluding steroid dienone is 2. The highest BCUT2D eigenvalue weighted by Gasteiger charge is 2.26. The number of rotatable bonds is 37. The zero-order valence-corrected chi connectivity index (χ0v) is 33.1. The number of likely N-dealkylation sites (N-methyl/N-ethyl adjacent to an activating group) is 1. The maximum absolute atomic E-state index is 12.6. The summed E-state index contributed by atoms with van der Waals surface area (Å²) in [4.78, 5) is 22.8. The first-order valence-corrected chi connectivity index (χ1v) is 21.4. The van der Waals surface area contributed by atoms with Crippen molar-refractivity contribution >= 4 is 13.8 Å². The molecule has 286 valence electrons. The minimum atomic E-state index is -4.26. The van der Waals surface area contributed by atoms with E-state index in [0.717, 1.165) is 32.1 Å². The van der Waals surface area contributed by atoms with Crippen molar-refractivity contribution in [1.82, 2.24) is 0 Å². The Hall–Kier alpha value is -0.760. The number of phosphoric acid groups is 1. The molecule has 0 fully saturated rings. The second-order valence-electron chi connectivity index (χ2n) is 14.7. The van der Waals surface area contributed by atoms with Crippen LogP contribution in [-0.2, 0) is 27.9 Å². The number of hydrogen-bond acceptors (Lipinski definition) is 6. The molecular formula is C39H79NO7P+. The second kappa shape index (κ2) is 33.4. The summed E-state index contributed by atoms with van der Waals surface area (Å²) in [5, 5.41) is 0. The molecule has 0 aliphatic carbocycles. The van der Waals surface area contributed by atoms with E-state index in [4.69, 9.17) is 18.5 Å². The van der Waals surface area contributed by atoms with Crippen LogP contribution in [0.5, 0.6) is 0 Å². The number of hydrogen-bond donors (Lipinski definition) is 1. The van der Waals surface area contributed by atoms with Gasteiger partial charge in [0.25, 0.3) is 0 Å². The molecule has 8 nitrogen and oxygen atoms in total. The topological polar surface area (TPSA) is 91.3 Å². The van der Waals surface area contributed by atoms with Gasteiger partial charge in [-0.3, -0.25) is 13.8 Å². The molecule has 9 heteroatoms. The molecule has 48 heavy (non-hydrogen) atoms. The molecule has 2 unspecified atom stereocenters. The summed E-state index contributed by atoms with van der Waals surface area (Å²) in [6.45, 7) is 5.57. The van der Waals surface area contributed by atoms with E-state index in [1.54, 1.807) is 0 Å². The van der Waals surface area contributed by atoms with Crippen molar-refractivity contribution in [3.05, 3.63) is 12.2 Å². The van der Waals surface area contributed by atoms with Crippen LogP contribution in [0.4, 0.5) is 0 Å². The lowest BCUT2D eigenvalue weighted by Crippen LogP contribution is -2.37. The van der Waals surface area contributed by atoms with Crippen LogP contribution in [0.2, 0.25) is 0 Å². The van der Waals surface area contributed by atoms with Crippen molar-refractivity contribution in [2.24, 2.45) is 0 Å². The summed E-state index contributed by atoms with van der Waals surface area (Å²) < 4.78 is 34.8. The van der Waals surface area contributed by atoms with Crippen molar-refractivity contribution in [3.8, 4) is 0 Å². The normalized spacial score (nSPS) is 14.0. The first kappa shape index (κ1) is 47.2. The zero-order valence-electron chi connectivity index (χ0n) is 32.2. The second-order valence-corrected chi connectivity index (χ2v) is 16.1. The Kier molecular flexibility index (Phi) is 32.9. The van der Waals surface area contributed by atoms with Gasteiger partial charge in [0, 0.05) is 13.0 Å². The van der Waals surface area contributed by atoms with Gasteiger partial charge in [0.05, 0.1) is 34.4 Å². The fraction of sp³-hybridized carbons (Fsp3) is 0.923. The minimum absolute atomic E-state index is 0.0903. The van der Waals surface area contributed by atoms with E-state index in [9.17, 15) is 14.3 Å². The minimum Gasteiger partial charge on any atom is -0.457 e. The number of esters is 1. The fourth-order valence-corrected chi connectivity index (χ4v) is 6.18. The predicted octanol–water partition coefficient (Wildman–Crippen LogP) is 11.1. The van der Waals surface area contributed by atoms with Gasteiger partial charge in [-0.15, -0.1) is 0 Å². The number of carbonyl (C=O) groups excluding carboxylic acids is 1. The van der Waals surface area contributed by atoms with Crippen LogP contribution < -0.4 is 0 Å². The Morgan fingerprint density at radius 3 is 1.67 bits per heavy atom. The van der Waals surface area contributed by atoms with Crippen LogP contribution in [-0.4, -0.2) is 75.6 Å². The molecule has 0 spiro atoms. The summed E-state index contributed by atoms with van der Waals surface area (Å²) in [6, 6.07) is 0. The number of unbranched alkanes of at least 4 members (excludes halogenated alkanes) is 21. The van der Waals surface area contributed by atoms with Gasteiger partial charge >= 0.3 is 13.8 Å². The summed E-state index contributed by atoms with van der Waals surface area (Å²) in [7, 11) is 1.67. The molecule has 2 atom stereocenters. The van der Waals surface area contributed by atoms with E-state index in [1.165, 1.54) is 122 Å². The van der Waals surface area contributed by atoms with Gasteiger partial charge in [-0.1, -0.05) is 148 Å². The quantitative estimate of drug-likeness (QED) is 0.0226. The molecule has 0 radical (unpaired) electrons. The Labute approximate surface area is 297 Å². The average Bonchev–Trinajstić information content (AvgIpc) is 3.03. The van der Waals surface area contributed by atoms with Crippen molar-refractivity contribution < 1.29 is 37.3 Å². The van der Waals surface area contributed by atoms with Gasteiger partial charge < -0.3 is 18.9 Å². The SMILES string of the molecule is CCC/C=C\CCCCCCCCOCC(COP(=O)(O)OCC[N+](C)(C)C)OC(=O)CCCCCCCCCCCCCCCCC. The first-order chi connectivity index (χ1) is 23.1. The van der Waals surface area contributed by atoms with Gasteiger partial charge in [-0.2, -0.15) is 0 Å². The molecule has 0 rings (SSSR count). The monoisotopic (exact) mass is 705 g/mol. The third-order valence-electron chi connectivity index (χ3n) is 8.56. The number of nitrogens with zero attached hydrogens (tertiary/aromatic N) is 1. The molecule has 0 aliphatic heterocycles. The van der Waals surface area contributed by atoms with Gasteiger partial charge in [0.15, 0.2) is 0 Å². The van der Waals surface area contributed by atoms with E-state index < -0.39 is 13.9 Å². The average molecular weight is 705 g/mol. The summed E-state index contributed by atoms with van der Waals surface area (Å²) >= 11 is 0. The van der Waals surface area contributed by atoms with E-state index in [1.807, 2.05) is 21.1 Å². The molecule has 0 aromatic rings. The number of phosphoric ester groups is 1. The standard InChI is InChI=1S/C39H78NO7P/c1-6-8-10-12-14-16-18-19-20-21-22-24-26-28-30-32-39(41)47-38(37-46-48(42,43)45-35-33-40(3,4)5)36-44-34-31-29-27-25-23-17-15-13-11-9-7-2/h11,13,38H,6-10,12,14-37H2,1-5H3/p+1/b13-11-. The molecule has 0 aliphatic rings. The largest absolute Gasteiger partial charge is 0.472 e. The highest BCUT2D eigenvalue weighted by molar-refractivity contribution is 7.47. The lowest BCUT2D eigenvalue weighted by atomic mass is 10.0. The van der Waals surface area contributed by atoms with Gasteiger partial charge in [-0.05, 0) is 32.1 Å². The molecule has 0 saturated heterocycles. The molecule has 0 bridgehead atoms. The predicted molar refractivity (Wildman–Crippen MR) is 201 cm³/mol. The summed E-state index contributed by atoms with van der Waals surface area (Å²) in [5.74, 6) is -0.315. The van der Waals surface area contributed by atoms with Crippen LogP contribution in [0.1, 0.15) is 174 Å². The van der Waals surface area contributed by atoms with E-state index in [0.29, 0.717) is 24.1 Å². The molecule has 0 heterocycles. The lowest BCUT2D eigenvalue weighted by Gasteiger charge is -2.24. The molecule has 0 saturated carbocycles. The maximum atomic E-state index is 12.6. The molecule has 1 N–H and O–H groups in total. The van der Waals surface area contributed by atoms with Crippen LogP contribution in [0.25, 0.3) is 0 Å². The third kappa shape index (κ3) is 36.5. The van der Waals surface area contributed by atoms with E-state index in [-0.39, 0.29) is 25.8 Å². The highest BCUT2D eigenvalue weighted by Crippen LogP contribution is 2.43. The maximum Gasteiger partial charge on any atom is 0.472 e. The first-order valence-electron chi connectivity index (χ1n) is 19.9. The molecule has 0 amide bonds. The zero-order chi connectivity index (χ0) is 35.6. The van der Waals surface area contributed by atoms with Crippen LogP contribution >= 0.6 is 7.82 Å². The van der Waals surface area contributed by atoms with Crippen molar-refractivity contribution in [1.29, 1.82) is 0 Å². The van der Waals surface area contributed by atoms with Gasteiger partial charge in [0.1, 0.15) is 19.3 Å². The Morgan fingerprint density at radius 1 is 0.625 bits per heavy atom. The number of ether oxygens (including phenoxy) is 2. The Balaban J connectivity index is 4.25. The number of carbonyl (C=O) groups is 1. The Bertz CT molecular complexity index is 787. The summed E-state index contributed by atoms with van der Waals surface area (Å²) in [5.41, 5.74) is 0. The highest BCUT2D eigenvalue weighted by atomic mass is 31.2. The lowest BCUT2D eigenvalue weighted by molar-refractivity contribution is -0.870. The molecular weight excluding hydrogens is 625 g/mol. The molecule has 0 aromatic carbocycles. The van der Waals surface area contributed by atoms with Crippen molar-refractivity contribution in [2.75, 3.05) is 54.1 Å². The van der Waals surface area contributed by atoms with E-state index in [2.05, 4.69) is 26.0 Å². The molecule has 0 aromatic heterocycles. The Morgan fingerprint density at radius 2 is 1.12 bits per heavy atom. The van der Waals surface area contributed by atoms with Crippen LogP contribution in [0.3, 0.4) is 0 Å². The third-order valence-corrected chi connectivity index (χ3v) is 9.54. The summed E-state index contributed by atoms with van der Waals surface area (Å²) in [6.07, 6.45) is 33.8. The van der Waals surface area contributed by atoms with E-state index >= 15 is 0 Å². The van der Waals surface area contributed by atoms with Crippen molar-refractivity contribution in [2.45, 2.75) is 180 Å². The van der Waals surface area contributed by atoms with Crippen LogP contribution in [0.15, 0.2) is 12.2 Å². The van der Waals surface area contributed by atoms with Crippen LogP contribution in [0, 0.1) is 0 Å². The smallest absolute Gasteiger partial charge is 0.457 e. The van der Waals surface area contributed by atoms with Gasteiger partial charge in [-0.25, -0.2) is 4.57 Å².